The quantitative estimate of drug-likeness (QED) is 0.668. The SMILES string of the molecule is C=c1c2n(c3c(O)c(C)c(C)c(O)c13)CCC=2. The van der Waals surface area contributed by atoms with Gasteiger partial charge in [0, 0.05) is 17.1 Å². The molecule has 2 heterocycles. The van der Waals surface area contributed by atoms with Gasteiger partial charge in [0.05, 0.1) is 10.9 Å². The van der Waals surface area contributed by atoms with Crippen molar-refractivity contribution in [3.05, 3.63) is 21.7 Å². The van der Waals surface area contributed by atoms with Gasteiger partial charge in [-0.25, -0.2) is 0 Å². The first kappa shape index (κ1) is 10.3. The van der Waals surface area contributed by atoms with E-state index in [0.29, 0.717) is 5.39 Å². The lowest BCUT2D eigenvalue weighted by Crippen LogP contribution is -2.23. The predicted molar refractivity (Wildman–Crippen MR) is 68.6 cm³/mol. The van der Waals surface area contributed by atoms with Gasteiger partial charge in [-0.05, 0) is 31.4 Å². The van der Waals surface area contributed by atoms with Gasteiger partial charge in [0.25, 0.3) is 0 Å². The number of benzene rings is 1. The van der Waals surface area contributed by atoms with Crippen molar-refractivity contribution in [2.24, 2.45) is 0 Å². The summed E-state index contributed by atoms with van der Waals surface area (Å²) in [6.45, 7) is 8.51. The Labute approximate surface area is 98.9 Å². The highest BCUT2D eigenvalue weighted by atomic mass is 16.3. The van der Waals surface area contributed by atoms with E-state index in [1.807, 2.05) is 18.4 Å². The summed E-state index contributed by atoms with van der Waals surface area (Å²) in [7, 11) is 0. The maximum Gasteiger partial charge on any atom is 0.143 e. The van der Waals surface area contributed by atoms with Crippen LogP contribution in [0.25, 0.3) is 23.6 Å². The van der Waals surface area contributed by atoms with Crippen LogP contribution in [0.15, 0.2) is 0 Å². The molecule has 3 heteroatoms. The molecule has 2 aromatic rings. The van der Waals surface area contributed by atoms with Crippen LogP contribution in [-0.4, -0.2) is 14.8 Å². The maximum absolute atomic E-state index is 10.3. The smallest absolute Gasteiger partial charge is 0.143 e. The van der Waals surface area contributed by atoms with E-state index >= 15 is 0 Å². The number of hydrogen-bond donors (Lipinski definition) is 2. The second kappa shape index (κ2) is 3.06. The van der Waals surface area contributed by atoms with Gasteiger partial charge < -0.3 is 14.8 Å². The minimum Gasteiger partial charge on any atom is -0.507 e. The van der Waals surface area contributed by atoms with E-state index in [4.69, 9.17) is 0 Å². The number of phenols is 2. The zero-order valence-electron chi connectivity index (χ0n) is 10.0. The van der Waals surface area contributed by atoms with E-state index in [-0.39, 0.29) is 11.5 Å². The van der Waals surface area contributed by atoms with Crippen LogP contribution in [0.4, 0.5) is 0 Å². The first-order valence-electron chi connectivity index (χ1n) is 5.76. The van der Waals surface area contributed by atoms with Crippen LogP contribution >= 0.6 is 0 Å². The van der Waals surface area contributed by atoms with Crippen LogP contribution in [0.3, 0.4) is 0 Å². The molecule has 3 rings (SSSR count). The van der Waals surface area contributed by atoms with Crippen LogP contribution in [-0.2, 0) is 6.54 Å². The minimum atomic E-state index is 0.246. The van der Waals surface area contributed by atoms with Gasteiger partial charge in [0.15, 0.2) is 0 Å². The first-order chi connectivity index (χ1) is 8.04. The van der Waals surface area contributed by atoms with Crippen molar-refractivity contribution in [1.82, 2.24) is 4.57 Å². The molecule has 0 saturated carbocycles. The number of aryl methyl sites for hydroxylation is 1. The molecule has 0 bridgehead atoms. The first-order valence-corrected chi connectivity index (χ1v) is 5.76. The van der Waals surface area contributed by atoms with Crippen LogP contribution in [0.1, 0.15) is 17.5 Å². The summed E-state index contributed by atoms with van der Waals surface area (Å²) in [6.07, 6.45) is 3.06. The maximum atomic E-state index is 10.3. The second-order valence-electron chi connectivity index (χ2n) is 4.68. The standard InChI is InChI=1S/C14H15NO2/c1-7-8(2)14(17)12-11(13(7)16)9(3)10-5-4-6-15(10)12/h5,16-17H,3-4,6H2,1-2H3. The number of fused-ring (bicyclic) bond motifs is 3. The van der Waals surface area contributed by atoms with Crippen LogP contribution in [0.5, 0.6) is 11.5 Å². The monoisotopic (exact) mass is 229 g/mol. The van der Waals surface area contributed by atoms with E-state index in [9.17, 15) is 10.2 Å². The molecule has 3 nitrogen and oxygen atoms in total. The summed E-state index contributed by atoms with van der Waals surface area (Å²) in [5, 5.41) is 23.0. The molecule has 0 radical (unpaired) electrons. The molecule has 0 unspecified atom stereocenters. The van der Waals surface area contributed by atoms with Crippen molar-refractivity contribution in [1.29, 1.82) is 0 Å². The van der Waals surface area contributed by atoms with Gasteiger partial charge in [0.1, 0.15) is 11.5 Å². The van der Waals surface area contributed by atoms with E-state index < -0.39 is 0 Å². The predicted octanol–water partition coefficient (Wildman–Crippen LogP) is 1.26. The number of nitrogens with zero attached hydrogens (tertiary/aromatic N) is 1. The third-order valence-corrected chi connectivity index (χ3v) is 3.83. The molecular weight excluding hydrogens is 214 g/mol. The number of phenolic OH excluding ortho intramolecular Hbond substituents is 2. The van der Waals surface area contributed by atoms with Crippen molar-refractivity contribution in [2.75, 3.05) is 0 Å². The van der Waals surface area contributed by atoms with Crippen LogP contribution in [0, 0.1) is 13.8 Å². The molecule has 0 saturated heterocycles. The van der Waals surface area contributed by atoms with Gasteiger partial charge in [0.2, 0.25) is 0 Å². The third kappa shape index (κ3) is 1.06. The molecule has 1 aliphatic rings. The average molecular weight is 229 g/mol. The lowest BCUT2D eigenvalue weighted by Gasteiger charge is -2.10. The Bertz CT molecular complexity index is 753. The molecule has 0 spiro atoms. The minimum absolute atomic E-state index is 0.246. The lowest BCUT2D eigenvalue weighted by atomic mass is 10.0. The summed E-state index contributed by atoms with van der Waals surface area (Å²) in [5.41, 5.74) is 2.19. The molecule has 17 heavy (non-hydrogen) atoms. The molecular formula is C14H15NO2. The second-order valence-corrected chi connectivity index (χ2v) is 4.68. The van der Waals surface area contributed by atoms with Crippen molar-refractivity contribution < 1.29 is 10.2 Å². The highest BCUT2D eigenvalue weighted by Gasteiger charge is 2.20. The fourth-order valence-corrected chi connectivity index (χ4v) is 2.71. The topological polar surface area (TPSA) is 45.4 Å². The molecule has 0 atom stereocenters. The molecule has 0 fully saturated rings. The van der Waals surface area contributed by atoms with Gasteiger partial charge in [-0.3, -0.25) is 0 Å². The van der Waals surface area contributed by atoms with E-state index in [2.05, 4.69) is 12.7 Å². The normalized spacial score (nSPS) is 14.0. The fourth-order valence-electron chi connectivity index (χ4n) is 2.71. The summed E-state index contributed by atoms with van der Waals surface area (Å²) < 4.78 is 2.04. The molecule has 0 amide bonds. The summed E-state index contributed by atoms with van der Waals surface area (Å²) in [5.74, 6) is 0.511. The Morgan fingerprint density at radius 2 is 1.82 bits per heavy atom. The van der Waals surface area contributed by atoms with E-state index in [1.165, 1.54) is 0 Å². The zero-order valence-corrected chi connectivity index (χ0v) is 10.0. The molecule has 1 aromatic carbocycles. The van der Waals surface area contributed by atoms with Gasteiger partial charge in [-0.1, -0.05) is 12.7 Å². The van der Waals surface area contributed by atoms with Crippen LogP contribution in [0.2, 0.25) is 0 Å². The lowest BCUT2D eigenvalue weighted by molar-refractivity contribution is 0.460. The van der Waals surface area contributed by atoms with Crippen molar-refractivity contribution in [3.8, 4) is 11.5 Å². The Morgan fingerprint density at radius 1 is 1.18 bits per heavy atom. The average Bonchev–Trinajstić information content (AvgIpc) is 2.86. The number of aromatic nitrogens is 1. The largest absolute Gasteiger partial charge is 0.507 e. The van der Waals surface area contributed by atoms with Gasteiger partial charge >= 0.3 is 0 Å². The number of hydrogen-bond acceptors (Lipinski definition) is 2. The van der Waals surface area contributed by atoms with Crippen LogP contribution < -0.4 is 10.6 Å². The highest BCUT2D eigenvalue weighted by Crippen LogP contribution is 2.37. The van der Waals surface area contributed by atoms with Crippen molar-refractivity contribution >= 4 is 23.6 Å². The van der Waals surface area contributed by atoms with Crippen molar-refractivity contribution in [3.63, 3.8) is 0 Å². The Kier molecular flexibility index (Phi) is 1.85. The Balaban J connectivity index is 2.72. The molecule has 88 valence electrons. The fraction of sp³-hybridized carbons (Fsp3) is 0.286. The zero-order chi connectivity index (χ0) is 12.3. The molecule has 1 aromatic heterocycles. The Morgan fingerprint density at radius 3 is 2.53 bits per heavy atom. The molecule has 1 aliphatic heterocycles. The van der Waals surface area contributed by atoms with Crippen molar-refractivity contribution in [2.45, 2.75) is 26.8 Å². The van der Waals surface area contributed by atoms with E-state index in [1.54, 1.807) is 0 Å². The van der Waals surface area contributed by atoms with Gasteiger partial charge in [-0.15, -0.1) is 0 Å². The van der Waals surface area contributed by atoms with Gasteiger partial charge in [-0.2, -0.15) is 0 Å². The summed E-state index contributed by atoms with van der Waals surface area (Å²) in [4.78, 5) is 0. The van der Waals surface area contributed by atoms with E-state index in [0.717, 1.165) is 40.2 Å². The highest BCUT2D eigenvalue weighted by molar-refractivity contribution is 5.94. The molecule has 0 aliphatic carbocycles. The Hall–Kier alpha value is -1.90. The number of rotatable bonds is 0. The summed E-state index contributed by atoms with van der Waals surface area (Å²) >= 11 is 0. The molecule has 2 N–H and O–H groups in total. The third-order valence-electron chi connectivity index (χ3n) is 3.83. The number of aromatic hydroxyl groups is 2. The summed E-state index contributed by atoms with van der Waals surface area (Å²) in [6, 6.07) is 0.